The highest BCUT2D eigenvalue weighted by Gasteiger charge is 2.36. The molecular weight excluding hydrogens is 248 g/mol. The summed E-state index contributed by atoms with van der Waals surface area (Å²) in [5.41, 5.74) is 0. The van der Waals surface area contributed by atoms with Crippen LogP contribution < -0.4 is 5.32 Å². The standard InChI is InChI=1S/C16H26N4/c1-2-6-13(5-1)20-12-9-17-16(20)18-14-8-11-19-10-4-3-7-15(14)19/h9,12-15H,1-8,10-11H2,(H,17,18). The molecular formula is C16H26N4. The molecule has 4 rings (SSSR count). The van der Waals surface area contributed by atoms with Crippen LogP contribution in [0.25, 0.3) is 0 Å². The Morgan fingerprint density at radius 2 is 1.85 bits per heavy atom. The summed E-state index contributed by atoms with van der Waals surface area (Å²) in [5.74, 6) is 1.12. The third kappa shape index (κ3) is 2.24. The van der Waals surface area contributed by atoms with E-state index in [1.54, 1.807) is 0 Å². The van der Waals surface area contributed by atoms with Gasteiger partial charge in [-0.3, -0.25) is 4.90 Å². The van der Waals surface area contributed by atoms with Crippen molar-refractivity contribution < 1.29 is 0 Å². The Balaban J connectivity index is 1.47. The molecule has 2 unspecified atom stereocenters. The number of imidazole rings is 1. The van der Waals surface area contributed by atoms with E-state index in [0.29, 0.717) is 12.1 Å². The molecule has 3 fully saturated rings. The van der Waals surface area contributed by atoms with Crippen LogP contribution in [0, 0.1) is 0 Å². The maximum atomic E-state index is 4.60. The SMILES string of the molecule is c1cn(C2CCCC2)c(NC2CCN3CCCCC23)n1. The van der Waals surface area contributed by atoms with Gasteiger partial charge in [0, 0.05) is 37.1 Å². The van der Waals surface area contributed by atoms with Gasteiger partial charge in [0.1, 0.15) is 0 Å². The minimum Gasteiger partial charge on any atom is -0.351 e. The predicted octanol–water partition coefficient (Wildman–Crippen LogP) is 3.04. The summed E-state index contributed by atoms with van der Waals surface area (Å²) < 4.78 is 2.40. The number of hydrogen-bond donors (Lipinski definition) is 1. The third-order valence-corrected chi connectivity index (χ3v) is 5.56. The van der Waals surface area contributed by atoms with Crippen molar-refractivity contribution in [2.75, 3.05) is 18.4 Å². The van der Waals surface area contributed by atoms with E-state index in [1.807, 2.05) is 6.20 Å². The molecule has 4 nitrogen and oxygen atoms in total. The molecule has 110 valence electrons. The molecule has 2 saturated heterocycles. The zero-order chi connectivity index (χ0) is 13.4. The van der Waals surface area contributed by atoms with Crippen molar-refractivity contribution >= 4 is 5.95 Å². The lowest BCUT2D eigenvalue weighted by Gasteiger charge is -2.33. The zero-order valence-electron chi connectivity index (χ0n) is 12.3. The average molecular weight is 274 g/mol. The first-order valence-corrected chi connectivity index (χ1v) is 8.45. The first-order valence-electron chi connectivity index (χ1n) is 8.45. The fourth-order valence-corrected chi connectivity index (χ4v) is 4.48. The predicted molar refractivity (Wildman–Crippen MR) is 81.0 cm³/mol. The second-order valence-electron chi connectivity index (χ2n) is 6.74. The van der Waals surface area contributed by atoms with Crippen LogP contribution in [0.3, 0.4) is 0 Å². The molecule has 0 radical (unpaired) electrons. The van der Waals surface area contributed by atoms with Crippen molar-refractivity contribution in [2.45, 2.75) is 69.5 Å². The van der Waals surface area contributed by atoms with E-state index in [-0.39, 0.29) is 0 Å². The van der Waals surface area contributed by atoms with E-state index < -0.39 is 0 Å². The molecule has 2 atom stereocenters. The number of nitrogens with zero attached hydrogens (tertiary/aromatic N) is 3. The van der Waals surface area contributed by atoms with Crippen molar-refractivity contribution in [1.82, 2.24) is 14.5 Å². The first-order chi connectivity index (χ1) is 9.92. The molecule has 3 heterocycles. The summed E-state index contributed by atoms with van der Waals surface area (Å²) in [5, 5.41) is 3.78. The summed E-state index contributed by atoms with van der Waals surface area (Å²) in [4.78, 5) is 7.28. The molecule has 2 aliphatic heterocycles. The summed E-state index contributed by atoms with van der Waals surface area (Å²) in [7, 11) is 0. The fourth-order valence-electron chi connectivity index (χ4n) is 4.48. The second kappa shape index (κ2) is 5.40. The van der Waals surface area contributed by atoms with Gasteiger partial charge in [-0.05, 0) is 38.6 Å². The maximum Gasteiger partial charge on any atom is 0.203 e. The lowest BCUT2D eigenvalue weighted by molar-refractivity contribution is 0.192. The molecule has 0 spiro atoms. The van der Waals surface area contributed by atoms with Crippen LogP contribution >= 0.6 is 0 Å². The van der Waals surface area contributed by atoms with Crippen LogP contribution in [-0.2, 0) is 0 Å². The lowest BCUT2D eigenvalue weighted by Crippen LogP contribution is -2.42. The summed E-state index contributed by atoms with van der Waals surface area (Å²) >= 11 is 0. The van der Waals surface area contributed by atoms with E-state index >= 15 is 0 Å². The molecule has 1 saturated carbocycles. The zero-order valence-corrected chi connectivity index (χ0v) is 12.3. The van der Waals surface area contributed by atoms with Crippen LogP contribution in [0.1, 0.15) is 57.4 Å². The van der Waals surface area contributed by atoms with Crippen molar-refractivity contribution in [3.63, 3.8) is 0 Å². The van der Waals surface area contributed by atoms with Crippen LogP contribution in [0.15, 0.2) is 12.4 Å². The van der Waals surface area contributed by atoms with Crippen molar-refractivity contribution in [3.8, 4) is 0 Å². The van der Waals surface area contributed by atoms with Crippen LogP contribution in [-0.4, -0.2) is 39.6 Å². The molecule has 1 aromatic heterocycles. The molecule has 4 heteroatoms. The molecule has 1 N–H and O–H groups in total. The summed E-state index contributed by atoms with van der Waals surface area (Å²) in [6.45, 7) is 2.58. The Bertz CT molecular complexity index is 449. The van der Waals surface area contributed by atoms with E-state index in [1.165, 1.54) is 64.5 Å². The quantitative estimate of drug-likeness (QED) is 0.919. The second-order valence-corrected chi connectivity index (χ2v) is 6.74. The Labute approximate surface area is 121 Å². The van der Waals surface area contributed by atoms with Crippen molar-refractivity contribution in [3.05, 3.63) is 12.4 Å². The smallest absolute Gasteiger partial charge is 0.203 e. The van der Waals surface area contributed by atoms with Gasteiger partial charge in [0.25, 0.3) is 0 Å². The molecule has 1 aliphatic carbocycles. The fraction of sp³-hybridized carbons (Fsp3) is 0.812. The number of nitrogens with one attached hydrogen (secondary N) is 1. The Morgan fingerprint density at radius 3 is 2.75 bits per heavy atom. The minimum absolute atomic E-state index is 0.609. The van der Waals surface area contributed by atoms with Crippen LogP contribution in [0.2, 0.25) is 0 Å². The minimum atomic E-state index is 0.609. The van der Waals surface area contributed by atoms with E-state index in [0.717, 1.165) is 12.0 Å². The van der Waals surface area contributed by atoms with Gasteiger partial charge in [-0.1, -0.05) is 19.3 Å². The Kier molecular flexibility index (Phi) is 3.42. The molecule has 0 aromatic carbocycles. The molecule has 0 amide bonds. The van der Waals surface area contributed by atoms with E-state index in [9.17, 15) is 0 Å². The van der Waals surface area contributed by atoms with Gasteiger partial charge in [0.2, 0.25) is 5.95 Å². The highest BCUT2D eigenvalue weighted by molar-refractivity contribution is 5.30. The van der Waals surface area contributed by atoms with Gasteiger partial charge >= 0.3 is 0 Å². The maximum absolute atomic E-state index is 4.60. The Morgan fingerprint density at radius 1 is 1.00 bits per heavy atom. The number of piperidine rings is 1. The van der Waals surface area contributed by atoms with Gasteiger partial charge < -0.3 is 9.88 Å². The molecule has 1 aromatic rings. The van der Waals surface area contributed by atoms with Gasteiger partial charge in [0.05, 0.1) is 0 Å². The highest BCUT2D eigenvalue weighted by atomic mass is 15.3. The van der Waals surface area contributed by atoms with E-state index in [4.69, 9.17) is 0 Å². The summed E-state index contributed by atoms with van der Waals surface area (Å²) in [6.07, 6.45) is 15.0. The topological polar surface area (TPSA) is 33.1 Å². The van der Waals surface area contributed by atoms with Crippen molar-refractivity contribution in [2.24, 2.45) is 0 Å². The average Bonchev–Trinajstić information content (AvgIpc) is 3.19. The molecule has 0 bridgehead atoms. The van der Waals surface area contributed by atoms with Gasteiger partial charge in [0.15, 0.2) is 0 Å². The van der Waals surface area contributed by atoms with Crippen molar-refractivity contribution in [1.29, 1.82) is 0 Å². The molecule has 20 heavy (non-hydrogen) atoms. The number of aromatic nitrogens is 2. The first kappa shape index (κ1) is 12.7. The van der Waals surface area contributed by atoms with Gasteiger partial charge in [-0.15, -0.1) is 0 Å². The van der Waals surface area contributed by atoms with Crippen LogP contribution in [0.5, 0.6) is 0 Å². The molecule has 3 aliphatic rings. The number of hydrogen-bond acceptors (Lipinski definition) is 3. The van der Waals surface area contributed by atoms with Gasteiger partial charge in [-0.2, -0.15) is 0 Å². The Hall–Kier alpha value is -1.03. The van der Waals surface area contributed by atoms with Gasteiger partial charge in [-0.25, -0.2) is 4.98 Å². The number of anilines is 1. The largest absolute Gasteiger partial charge is 0.351 e. The summed E-state index contributed by atoms with van der Waals surface area (Å²) in [6, 6.07) is 2.04. The monoisotopic (exact) mass is 274 g/mol. The van der Waals surface area contributed by atoms with E-state index in [2.05, 4.69) is 26.0 Å². The third-order valence-electron chi connectivity index (χ3n) is 5.56. The highest BCUT2D eigenvalue weighted by Crippen LogP contribution is 2.33. The normalized spacial score (nSPS) is 31.6. The van der Waals surface area contributed by atoms with Crippen LogP contribution in [0.4, 0.5) is 5.95 Å². The number of rotatable bonds is 3. The number of fused-ring (bicyclic) bond motifs is 1. The lowest BCUT2D eigenvalue weighted by atomic mass is 9.99.